The summed E-state index contributed by atoms with van der Waals surface area (Å²) in [5, 5.41) is 22.6. The second-order valence-electron chi connectivity index (χ2n) is 10.4. The summed E-state index contributed by atoms with van der Waals surface area (Å²) < 4.78 is 0. The number of hydrogen-bond acceptors (Lipinski definition) is 5. The van der Waals surface area contributed by atoms with Crippen LogP contribution >= 0.6 is 0 Å². The van der Waals surface area contributed by atoms with E-state index in [-0.39, 0.29) is 17.9 Å². The van der Waals surface area contributed by atoms with Gasteiger partial charge in [-0.3, -0.25) is 4.79 Å². The van der Waals surface area contributed by atoms with Gasteiger partial charge in [0.05, 0.1) is 17.1 Å². The zero-order chi connectivity index (χ0) is 22.0. The van der Waals surface area contributed by atoms with E-state index in [0.717, 1.165) is 32.1 Å². The third kappa shape index (κ3) is 3.05. The van der Waals surface area contributed by atoms with Gasteiger partial charge in [-0.1, -0.05) is 0 Å². The Hall–Kier alpha value is -2.82. The molecule has 164 valence electrons. The van der Waals surface area contributed by atoms with Crippen molar-refractivity contribution in [3.8, 4) is 6.07 Å². The molecule has 1 aromatic rings. The summed E-state index contributed by atoms with van der Waals surface area (Å²) in [7, 11) is 0. The fourth-order valence-corrected chi connectivity index (χ4v) is 7.67. The molecule has 4 aliphatic carbocycles. The van der Waals surface area contributed by atoms with Crippen LogP contribution in [-0.4, -0.2) is 45.1 Å². The Bertz CT molecular complexity index is 941. The van der Waals surface area contributed by atoms with E-state index in [9.17, 15) is 14.7 Å². The van der Waals surface area contributed by atoms with E-state index in [0.29, 0.717) is 42.1 Å². The molecule has 1 saturated heterocycles. The first kappa shape index (κ1) is 20.1. The van der Waals surface area contributed by atoms with Crippen molar-refractivity contribution >= 4 is 17.8 Å². The van der Waals surface area contributed by atoms with Gasteiger partial charge in [0.2, 0.25) is 5.91 Å². The van der Waals surface area contributed by atoms with Crippen molar-refractivity contribution in [2.45, 2.75) is 57.0 Å². The number of hydrogen-bond donors (Lipinski definition) is 3. The van der Waals surface area contributed by atoms with E-state index in [1.165, 1.54) is 6.20 Å². The summed E-state index contributed by atoms with van der Waals surface area (Å²) in [6, 6.07) is 5.38. The molecular weight excluding hydrogens is 394 g/mol. The number of anilines is 1. The number of rotatable bonds is 4. The van der Waals surface area contributed by atoms with Crippen LogP contribution in [0.2, 0.25) is 0 Å². The highest BCUT2D eigenvalue weighted by molar-refractivity contribution is 5.81. The Labute approximate surface area is 181 Å². The molecule has 7 atom stereocenters. The Morgan fingerprint density at radius 2 is 2.00 bits per heavy atom. The molecule has 6 rings (SSSR count). The van der Waals surface area contributed by atoms with E-state index < -0.39 is 17.0 Å². The second-order valence-corrected chi connectivity index (χ2v) is 10.4. The predicted molar refractivity (Wildman–Crippen MR) is 113 cm³/mol. The van der Waals surface area contributed by atoms with Gasteiger partial charge in [-0.15, -0.1) is 0 Å². The van der Waals surface area contributed by atoms with Gasteiger partial charge >= 0.3 is 6.09 Å². The maximum atomic E-state index is 12.3. The Morgan fingerprint density at radius 1 is 1.29 bits per heavy atom. The summed E-state index contributed by atoms with van der Waals surface area (Å²) in [6.45, 7) is 2.56. The highest BCUT2D eigenvalue weighted by Crippen LogP contribution is 2.64. The zero-order valence-corrected chi connectivity index (χ0v) is 17.8. The number of amides is 2. The van der Waals surface area contributed by atoms with Gasteiger partial charge in [0.25, 0.3) is 0 Å². The number of carbonyl (C=O) groups is 2. The summed E-state index contributed by atoms with van der Waals surface area (Å²) in [5.74, 6) is 1.85. The largest absolute Gasteiger partial charge is 0.465 e. The third-order valence-corrected chi connectivity index (χ3v) is 8.65. The molecule has 4 saturated carbocycles. The minimum Gasteiger partial charge on any atom is -0.465 e. The number of nitrogens with one attached hydrogen (secondary N) is 1. The Morgan fingerprint density at radius 3 is 2.55 bits per heavy atom. The molecule has 8 heteroatoms. The minimum absolute atomic E-state index is 0.172. The molecule has 1 aromatic heterocycles. The van der Waals surface area contributed by atoms with Crippen LogP contribution in [0.5, 0.6) is 0 Å². The number of pyridine rings is 1. The van der Waals surface area contributed by atoms with Gasteiger partial charge < -0.3 is 21.1 Å². The van der Waals surface area contributed by atoms with Crippen molar-refractivity contribution in [2.24, 2.45) is 34.8 Å². The van der Waals surface area contributed by atoms with Crippen LogP contribution in [0.25, 0.3) is 0 Å². The van der Waals surface area contributed by atoms with Crippen LogP contribution in [0.1, 0.15) is 51.0 Å². The molecule has 1 aliphatic heterocycles. The fraction of sp³-hybridized carbons (Fsp3) is 0.652. The lowest BCUT2D eigenvalue weighted by Crippen LogP contribution is -2.64. The van der Waals surface area contributed by atoms with Gasteiger partial charge in [-0.2, -0.15) is 5.26 Å². The molecule has 0 radical (unpaired) electrons. The van der Waals surface area contributed by atoms with Gasteiger partial charge in [-0.05, 0) is 81.3 Å². The van der Waals surface area contributed by atoms with Crippen LogP contribution in [0.4, 0.5) is 10.6 Å². The molecule has 0 spiro atoms. The molecule has 0 aromatic carbocycles. The molecule has 5 aliphatic rings. The number of primary amides is 1. The van der Waals surface area contributed by atoms with E-state index in [4.69, 9.17) is 11.0 Å². The molecule has 2 amide bonds. The molecule has 4 N–H and O–H groups in total. The number of likely N-dealkylation sites (tertiary alicyclic amines) is 1. The average Bonchev–Trinajstić information content (AvgIpc) is 3.05. The minimum atomic E-state index is -0.887. The lowest BCUT2D eigenvalue weighted by molar-refractivity contribution is -0.155. The summed E-state index contributed by atoms with van der Waals surface area (Å²) in [4.78, 5) is 30.5. The van der Waals surface area contributed by atoms with Crippen LogP contribution in [-0.2, 0) is 4.79 Å². The summed E-state index contributed by atoms with van der Waals surface area (Å²) in [5.41, 5.74) is 5.48. The molecular formula is C23H29N5O3. The third-order valence-electron chi connectivity index (χ3n) is 8.65. The number of carboxylic acid groups (broad SMARTS) is 1. The first-order valence-electron chi connectivity index (χ1n) is 11.2. The Kier molecular flexibility index (Phi) is 4.44. The maximum absolute atomic E-state index is 12.3. The highest BCUT2D eigenvalue weighted by Gasteiger charge is 2.63. The molecule has 5 unspecified atom stereocenters. The standard InChI is InChI=1S/C23H29N5O3/c1-22(27-17-3-2-13(11-24)12-26-17)4-5-28(21(30)31)19(22)18-15-6-14-7-16(18)10-23(8-14,9-15)20(25)29/h2-3,12,14-16,18-19H,4-10H2,1H3,(H2,25,29)(H,26,27)(H,30,31)/t14?,15-,16?,18?,19?,22?,23-/m0/s1. The maximum Gasteiger partial charge on any atom is 0.407 e. The van der Waals surface area contributed by atoms with Crippen LogP contribution in [0, 0.1) is 40.4 Å². The van der Waals surface area contributed by atoms with Crippen LogP contribution in [0.3, 0.4) is 0 Å². The zero-order valence-electron chi connectivity index (χ0n) is 17.8. The van der Waals surface area contributed by atoms with Gasteiger partial charge in [0.1, 0.15) is 11.9 Å². The van der Waals surface area contributed by atoms with Crippen molar-refractivity contribution < 1.29 is 14.7 Å². The van der Waals surface area contributed by atoms with E-state index in [1.807, 2.05) is 0 Å². The van der Waals surface area contributed by atoms with Crippen molar-refractivity contribution in [3.05, 3.63) is 23.9 Å². The number of carbonyl (C=O) groups excluding carboxylic acids is 1. The predicted octanol–water partition coefficient (Wildman–Crippen LogP) is 2.80. The quantitative estimate of drug-likeness (QED) is 0.682. The van der Waals surface area contributed by atoms with Crippen molar-refractivity contribution in [1.82, 2.24) is 9.88 Å². The number of aromatic nitrogens is 1. The summed E-state index contributed by atoms with van der Waals surface area (Å²) >= 11 is 0. The van der Waals surface area contributed by atoms with Crippen LogP contribution in [0.15, 0.2) is 18.3 Å². The molecule has 4 bridgehead atoms. The first-order chi connectivity index (χ1) is 14.7. The van der Waals surface area contributed by atoms with Gasteiger partial charge in [0.15, 0.2) is 0 Å². The van der Waals surface area contributed by atoms with Crippen molar-refractivity contribution in [1.29, 1.82) is 5.26 Å². The van der Waals surface area contributed by atoms with Crippen molar-refractivity contribution in [3.63, 3.8) is 0 Å². The number of nitrogens with two attached hydrogens (primary N) is 1. The normalized spacial score (nSPS) is 40.5. The van der Waals surface area contributed by atoms with E-state index in [1.54, 1.807) is 17.0 Å². The fourth-order valence-electron chi connectivity index (χ4n) is 7.67. The van der Waals surface area contributed by atoms with Crippen LogP contribution < -0.4 is 11.1 Å². The highest BCUT2D eigenvalue weighted by atomic mass is 16.4. The van der Waals surface area contributed by atoms with E-state index >= 15 is 0 Å². The van der Waals surface area contributed by atoms with Gasteiger partial charge in [0, 0.05) is 18.2 Å². The smallest absolute Gasteiger partial charge is 0.407 e. The lowest BCUT2D eigenvalue weighted by Gasteiger charge is -2.61. The lowest BCUT2D eigenvalue weighted by atomic mass is 9.44. The molecule has 2 heterocycles. The molecule has 5 fully saturated rings. The summed E-state index contributed by atoms with van der Waals surface area (Å²) in [6.07, 6.45) is 5.93. The van der Waals surface area contributed by atoms with Crippen molar-refractivity contribution in [2.75, 3.05) is 11.9 Å². The topological polar surface area (TPSA) is 132 Å². The molecule has 31 heavy (non-hydrogen) atoms. The van der Waals surface area contributed by atoms with Gasteiger partial charge in [-0.25, -0.2) is 9.78 Å². The molecule has 8 nitrogen and oxygen atoms in total. The second kappa shape index (κ2) is 6.84. The Balaban J connectivity index is 1.48. The average molecular weight is 424 g/mol. The SMILES string of the molecule is CC1(Nc2ccc(C#N)cn2)CCN(C(=O)O)C1C1C2CC3C[C@H]1C[C@@](C(N)=O)(C3)C2. The van der Waals surface area contributed by atoms with E-state index in [2.05, 4.69) is 23.3 Å². The first-order valence-corrected chi connectivity index (χ1v) is 11.2. The number of nitriles is 1. The monoisotopic (exact) mass is 423 g/mol. The number of nitrogens with zero attached hydrogens (tertiary/aromatic N) is 3.